The molecule has 3 nitrogen and oxygen atoms in total. The Labute approximate surface area is 141 Å². The van der Waals surface area contributed by atoms with Gasteiger partial charge in [-0.3, -0.25) is 4.79 Å². The van der Waals surface area contributed by atoms with Gasteiger partial charge in [0, 0.05) is 18.9 Å². The molecule has 0 N–H and O–H groups in total. The van der Waals surface area contributed by atoms with Crippen molar-refractivity contribution in [2.75, 3.05) is 6.61 Å². The van der Waals surface area contributed by atoms with Gasteiger partial charge in [-0.15, -0.1) is 0 Å². The molecule has 0 aliphatic rings. The monoisotopic (exact) mass is 320 g/mol. The summed E-state index contributed by atoms with van der Waals surface area (Å²) in [4.78, 5) is 11.9. The van der Waals surface area contributed by atoms with Crippen LogP contribution < -0.4 is 0 Å². The first-order valence-electron chi connectivity index (χ1n) is 8.97. The SMILES string of the molecule is CCCOC(CC)C(Cc1ccccc1)C(C)OC(=O)CCC. The number of esters is 1. The first-order chi connectivity index (χ1) is 11.1. The van der Waals surface area contributed by atoms with Crippen LogP contribution in [-0.2, 0) is 20.7 Å². The lowest BCUT2D eigenvalue weighted by Gasteiger charge is -2.31. The van der Waals surface area contributed by atoms with Crippen LogP contribution in [0, 0.1) is 5.92 Å². The quantitative estimate of drug-likeness (QED) is 0.550. The van der Waals surface area contributed by atoms with E-state index in [2.05, 4.69) is 26.0 Å². The first kappa shape index (κ1) is 19.7. The molecule has 1 aromatic rings. The second kappa shape index (κ2) is 11.2. The summed E-state index contributed by atoms with van der Waals surface area (Å²) in [6, 6.07) is 10.4. The van der Waals surface area contributed by atoms with Crippen LogP contribution in [0.4, 0.5) is 0 Å². The molecule has 130 valence electrons. The summed E-state index contributed by atoms with van der Waals surface area (Å²) in [5, 5.41) is 0. The molecule has 0 saturated carbocycles. The second-order valence-corrected chi connectivity index (χ2v) is 6.12. The molecule has 0 saturated heterocycles. The van der Waals surface area contributed by atoms with Crippen LogP contribution in [0.25, 0.3) is 0 Å². The topological polar surface area (TPSA) is 35.5 Å². The van der Waals surface area contributed by atoms with E-state index in [4.69, 9.17) is 9.47 Å². The normalized spacial score (nSPS) is 15.0. The highest BCUT2D eigenvalue weighted by molar-refractivity contribution is 5.69. The molecule has 0 aliphatic carbocycles. The highest BCUT2D eigenvalue weighted by atomic mass is 16.5. The van der Waals surface area contributed by atoms with Gasteiger partial charge in [0.15, 0.2) is 0 Å². The van der Waals surface area contributed by atoms with Gasteiger partial charge in [-0.05, 0) is 38.2 Å². The van der Waals surface area contributed by atoms with Crippen molar-refractivity contribution in [2.45, 2.75) is 72.0 Å². The summed E-state index contributed by atoms with van der Waals surface area (Å²) in [5.41, 5.74) is 1.26. The molecular formula is C20H32O3. The minimum atomic E-state index is -0.143. The smallest absolute Gasteiger partial charge is 0.306 e. The third-order valence-corrected chi connectivity index (χ3v) is 4.10. The van der Waals surface area contributed by atoms with Crippen LogP contribution in [0.3, 0.4) is 0 Å². The van der Waals surface area contributed by atoms with Crippen molar-refractivity contribution < 1.29 is 14.3 Å². The molecule has 0 aliphatic heterocycles. The van der Waals surface area contributed by atoms with Crippen molar-refractivity contribution in [1.29, 1.82) is 0 Å². The average Bonchev–Trinajstić information content (AvgIpc) is 2.55. The van der Waals surface area contributed by atoms with E-state index in [0.29, 0.717) is 6.42 Å². The Morgan fingerprint density at radius 1 is 1.09 bits per heavy atom. The van der Waals surface area contributed by atoms with Crippen molar-refractivity contribution in [3.63, 3.8) is 0 Å². The summed E-state index contributed by atoms with van der Waals surface area (Å²) >= 11 is 0. The zero-order valence-electron chi connectivity index (χ0n) is 15.1. The predicted octanol–water partition coefficient (Wildman–Crippen LogP) is 4.78. The fraction of sp³-hybridized carbons (Fsp3) is 0.650. The summed E-state index contributed by atoms with van der Waals surface area (Å²) in [6.45, 7) is 8.99. The lowest BCUT2D eigenvalue weighted by molar-refractivity contribution is -0.154. The lowest BCUT2D eigenvalue weighted by atomic mass is 9.88. The highest BCUT2D eigenvalue weighted by Gasteiger charge is 2.29. The fourth-order valence-electron chi connectivity index (χ4n) is 2.86. The second-order valence-electron chi connectivity index (χ2n) is 6.12. The van der Waals surface area contributed by atoms with Gasteiger partial charge in [-0.1, -0.05) is 51.1 Å². The third-order valence-electron chi connectivity index (χ3n) is 4.10. The van der Waals surface area contributed by atoms with E-state index in [9.17, 15) is 4.79 Å². The van der Waals surface area contributed by atoms with Gasteiger partial charge in [0.25, 0.3) is 0 Å². The Morgan fingerprint density at radius 2 is 1.78 bits per heavy atom. The molecule has 0 heterocycles. The molecule has 3 unspecified atom stereocenters. The number of carbonyl (C=O) groups excluding carboxylic acids is 1. The molecule has 1 rings (SSSR count). The molecular weight excluding hydrogens is 288 g/mol. The molecule has 3 atom stereocenters. The van der Waals surface area contributed by atoms with Crippen molar-refractivity contribution in [3.8, 4) is 0 Å². The van der Waals surface area contributed by atoms with Gasteiger partial charge in [0.2, 0.25) is 0 Å². The van der Waals surface area contributed by atoms with Gasteiger partial charge in [-0.2, -0.15) is 0 Å². The van der Waals surface area contributed by atoms with Gasteiger partial charge in [-0.25, -0.2) is 0 Å². The van der Waals surface area contributed by atoms with Crippen LogP contribution in [-0.4, -0.2) is 24.8 Å². The number of hydrogen-bond acceptors (Lipinski definition) is 3. The Bertz CT molecular complexity index is 430. The number of hydrogen-bond donors (Lipinski definition) is 0. The summed E-state index contributed by atoms with van der Waals surface area (Å²) < 4.78 is 11.7. The first-order valence-corrected chi connectivity index (χ1v) is 8.97. The van der Waals surface area contributed by atoms with Crippen molar-refractivity contribution in [3.05, 3.63) is 35.9 Å². The van der Waals surface area contributed by atoms with E-state index in [1.165, 1.54) is 5.56 Å². The highest BCUT2D eigenvalue weighted by Crippen LogP contribution is 2.24. The lowest BCUT2D eigenvalue weighted by Crippen LogP contribution is -2.36. The Hall–Kier alpha value is -1.35. The van der Waals surface area contributed by atoms with Gasteiger partial charge < -0.3 is 9.47 Å². The molecule has 3 heteroatoms. The molecule has 0 spiro atoms. The summed E-state index contributed by atoms with van der Waals surface area (Å²) in [5.74, 6) is 0.0677. The van der Waals surface area contributed by atoms with Crippen LogP contribution >= 0.6 is 0 Å². The van der Waals surface area contributed by atoms with Crippen LogP contribution in [0.15, 0.2) is 30.3 Å². The number of ether oxygens (including phenoxy) is 2. The summed E-state index contributed by atoms with van der Waals surface area (Å²) in [6.07, 6.45) is 4.05. The number of carbonyl (C=O) groups is 1. The number of benzene rings is 1. The molecule has 1 aromatic carbocycles. The molecule has 0 radical (unpaired) electrons. The molecule has 0 amide bonds. The van der Waals surface area contributed by atoms with Crippen LogP contribution in [0.5, 0.6) is 0 Å². The zero-order valence-corrected chi connectivity index (χ0v) is 15.1. The van der Waals surface area contributed by atoms with Gasteiger partial charge in [0.05, 0.1) is 6.10 Å². The Kier molecular flexibility index (Phi) is 9.61. The van der Waals surface area contributed by atoms with Crippen molar-refractivity contribution in [2.24, 2.45) is 5.92 Å². The van der Waals surface area contributed by atoms with Gasteiger partial charge >= 0.3 is 5.97 Å². The Balaban J connectivity index is 2.82. The Morgan fingerprint density at radius 3 is 2.35 bits per heavy atom. The van der Waals surface area contributed by atoms with E-state index in [0.717, 1.165) is 32.3 Å². The fourth-order valence-corrected chi connectivity index (χ4v) is 2.86. The van der Waals surface area contributed by atoms with E-state index in [-0.39, 0.29) is 24.1 Å². The molecule has 0 bridgehead atoms. The van der Waals surface area contributed by atoms with E-state index in [1.807, 2.05) is 32.0 Å². The summed E-state index contributed by atoms with van der Waals surface area (Å²) in [7, 11) is 0. The maximum Gasteiger partial charge on any atom is 0.306 e. The molecule has 23 heavy (non-hydrogen) atoms. The van der Waals surface area contributed by atoms with Crippen LogP contribution in [0.1, 0.15) is 58.9 Å². The molecule has 0 aromatic heterocycles. The predicted molar refractivity (Wildman–Crippen MR) is 94.4 cm³/mol. The van der Waals surface area contributed by atoms with Crippen LogP contribution in [0.2, 0.25) is 0 Å². The maximum absolute atomic E-state index is 11.9. The van der Waals surface area contributed by atoms with Crippen molar-refractivity contribution >= 4 is 5.97 Å². The van der Waals surface area contributed by atoms with Gasteiger partial charge in [0.1, 0.15) is 6.10 Å². The maximum atomic E-state index is 11.9. The number of rotatable bonds is 11. The largest absolute Gasteiger partial charge is 0.462 e. The average molecular weight is 320 g/mol. The van der Waals surface area contributed by atoms with E-state index in [1.54, 1.807) is 0 Å². The zero-order chi connectivity index (χ0) is 17.1. The standard InChI is InChI=1S/C20H32O3/c1-5-11-20(21)23-16(4)18(19(7-3)22-14-6-2)15-17-12-9-8-10-13-17/h8-10,12-13,16,18-19H,5-7,11,14-15H2,1-4H3. The van der Waals surface area contributed by atoms with E-state index < -0.39 is 0 Å². The molecule has 0 fully saturated rings. The minimum absolute atomic E-state index is 0.108. The van der Waals surface area contributed by atoms with E-state index >= 15 is 0 Å². The third kappa shape index (κ3) is 7.17. The minimum Gasteiger partial charge on any atom is -0.462 e. The van der Waals surface area contributed by atoms with Crippen molar-refractivity contribution in [1.82, 2.24) is 0 Å².